The zero-order chi connectivity index (χ0) is 15.0. The molecule has 0 spiro atoms. The Labute approximate surface area is 126 Å². The number of aromatic nitrogens is 2. The van der Waals surface area contributed by atoms with Crippen molar-refractivity contribution in [2.24, 2.45) is 7.05 Å². The summed E-state index contributed by atoms with van der Waals surface area (Å²) in [5.74, 6) is 1.23. The lowest BCUT2D eigenvalue weighted by molar-refractivity contribution is 0.684. The Morgan fingerprint density at radius 1 is 1.33 bits per heavy atom. The third kappa shape index (κ3) is 2.33. The third-order valence-electron chi connectivity index (χ3n) is 4.30. The predicted molar refractivity (Wildman–Crippen MR) is 87.1 cm³/mol. The van der Waals surface area contributed by atoms with E-state index in [1.807, 2.05) is 11.7 Å². The monoisotopic (exact) mass is 284 g/mol. The SMILES string of the molecule is CCNCc1c(C)nn(C)c1N1c2ccccc2CC1C. The molecule has 2 heterocycles. The standard InChI is InChI=1S/C17H24N4/c1-5-18-11-15-13(3)19-20(4)17(15)21-12(2)10-14-8-6-7-9-16(14)21/h6-9,12,18H,5,10-11H2,1-4H3. The molecule has 1 N–H and O–H groups in total. The first-order valence-electron chi connectivity index (χ1n) is 7.73. The molecule has 3 rings (SSSR count). The van der Waals surface area contributed by atoms with Crippen LogP contribution in [0.1, 0.15) is 30.7 Å². The van der Waals surface area contributed by atoms with Crippen molar-refractivity contribution in [3.05, 3.63) is 41.1 Å². The molecule has 1 aromatic carbocycles. The summed E-state index contributed by atoms with van der Waals surface area (Å²) >= 11 is 0. The van der Waals surface area contributed by atoms with Crippen LogP contribution >= 0.6 is 0 Å². The molecule has 1 aliphatic heterocycles. The second-order valence-corrected chi connectivity index (χ2v) is 5.84. The number of para-hydroxylation sites is 1. The number of hydrogen-bond acceptors (Lipinski definition) is 3. The maximum atomic E-state index is 4.65. The van der Waals surface area contributed by atoms with Gasteiger partial charge in [0.2, 0.25) is 0 Å². The van der Waals surface area contributed by atoms with Crippen LogP contribution in [0.5, 0.6) is 0 Å². The molecule has 0 amide bonds. The molecule has 1 aliphatic rings. The molecule has 21 heavy (non-hydrogen) atoms. The molecular formula is C17H24N4. The van der Waals surface area contributed by atoms with Gasteiger partial charge in [-0.2, -0.15) is 5.10 Å². The Kier molecular flexibility index (Phi) is 3.72. The van der Waals surface area contributed by atoms with Crippen LogP contribution in [0.3, 0.4) is 0 Å². The van der Waals surface area contributed by atoms with Crippen LogP contribution in [-0.4, -0.2) is 22.4 Å². The van der Waals surface area contributed by atoms with E-state index in [0.29, 0.717) is 6.04 Å². The van der Waals surface area contributed by atoms with Gasteiger partial charge < -0.3 is 10.2 Å². The Hall–Kier alpha value is -1.81. The average molecular weight is 284 g/mol. The van der Waals surface area contributed by atoms with Crippen molar-refractivity contribution in [1.29, 1.82) is 0 Å². The minimum Gasteiger partial charge on any atom is -0.323 e. The summed E-state index contributed by atoms with van der Waals surface area (Å²) in [5, 5.41) is 8.09. The smallest absolute Gasteiger partial charge is 0.136 e. The Bertz CT molecular complexity index is 644. The fourth-order valence-electron chi connectivity index (χ4n) is 3.34. The van der Waals surface area contributed by atoms with Crippen LogP contribution in [0, 0.1) is 6.92 Å². The Morgan fingerprint density at radius 2 is 2.10 bits per heavy atom. The van der Waals surface area contributed by atoms with Gasteiger partial charge in [0.15, 0.2) is 0 Å². The van der Waals surface area contributed by atoms with Crippen LogP contribution < -0.4 is 10.2 Å². The van der Waals surface area contributed by atoms with Gasteiger partial charge in [-0.05, 0) is 38.4 Å². The number of hydrogen-bond donors (Lipinski definition) is 1. The molecule has 0 fully saturated rings. The highest BCUT2D eigenvalue weighted by Crippen LogP contribution is 2.40. The quantitative estimate of drug-likeness (QED) is 0.937. The molecule has 0 saturated heterocycles. The summed E-state index contributed by atoms with van der Waals surface area (Å²) in [4.78, 5) is 2.45. The summed E-state index contributed by atoms with van der Waals surface area (Å²) in [6.07, 6.45) is 1.10. The summed E-state index contributed by atoms with van der Waals surface area (Å²) in [6.45, 7) is 8.37. The minimum absolute atomic E-state index is 0.470. The van der Waals surface area contributed by atoms with Crippen molar-refractivity contribution in [2.45, 2.75) is 39.8 Å². The molecule has 0 radical (unpaired) electrons. The van der Waals surface area contributed by atoms with Gasteiger partial charge in [-0.1, -0.05) is 25.1 Å². The van der Waals surface area contributed by atoms with Crippen LogP contribution in [-0.2, 0) is 20.0 Å². The van der Waals surface area contributed by atoms with E-state index in [1.165, 1.54) is 22.6 Å². The van der Waals surface area contributed by atoms with E-state index in [9.17, 15) is 0 Å². The molecule has 112 valence electrons. The fraction of sp³-hybridized carbons (Fsp3) is 0.471. The largest absolute Gasteiger partial charge is 0.323 e. The van der Waals surface area contributed by atoms with E-state index >= 15 is 0 Å². The zero-order valence-electron chi connectivity index (χ0n) is 13.3. The Balaban J connectivity index is 2.08. The van der Waals surface area contributed by atoms with Crippen LogP contribution in [0.4, 0.5) is 11.5 Å². The number of fused-ring (bicyclic) bond motifs is 1. The van der Waals surface area contributed by atoms with Gasteiger partial charge in [0.1, 0.15) is 5.82 Å². The lowest BCUT2D eigenvalue weighted by atomic mass is 10.1. The molecule has 2 aromatic rings. The van der Waals surface area contributed by atoms with E-state index in [-0.39, 0.29) is 0 Å². The lowest BCUT2D eigenvalue weighted by Gasteiger charge is -2.26. The predicted octanol–water partition coefficient (Wildman–Crippen LogP) is 2.92. The van der Waals surface area contributed by atoms with Crippen molar-refractivity contribution in [3.8, 4) is 0 Å². The first-order chi connectivity index (χ1) is 10.1. The number of rotatable bonds is 4. The molecule has 1 atom stereocenters. The molecule has 0 aliphatic carbocycles. The molecule has 1 unspecified atom stereocenters. The highest BCUT2D eigenvalue weighted by Gasteiger charge is 2.31. The topological polar surface area (TPSA) is 33.1 Å². The van der Waals surface area contributed by atoms with E-state index in [0.717, 1.165) is 25.2 Å². The maximum Gasteiger partial charge on any atom is 0.136 e. The third-order valence-corrected chi connectivity index (χ3v) is 4.30. The molecule has 4 nitrogen and oxygen atoms in total. The number of nitrogens with zero attached hydrogens (tertiary/aromatic N) is 3. The number of benzene rings is 1. The van der Waals surface area contributed by atoms with E-state index in [1.54, 1.807) is 0 Å². The van der Waals surface area contributed by atoms with Crippen LogP contribution in [0.2, 0.25) is 0 Å². The van der Waals surface area contributed by atoms with E-state index in [2.05, 4.69) is 60.4 Å². The summed E-state index contributed by atoms with van der Waals surface area (Å²) in [6, 6.07) is 9.18. The van der Waals surface area contributed by atoms with Crippen LogP contribution in [0.25, 0.3) is 0 Å². The highest BCUT2D eigenvalue weighted by atomic mass is 15.4. The summed E-state index contributed by atoms with van der Waals surface area (Å²) < 4.78 is 2.03. The zero-order valence-corrected chi connectivity index (χ0v) is 13.3. The second kappa shape index (κ2) is 5.53. The van der Waals surface area contributed by atoms with Gasteiger partial charge in [-0.15, -0.1) is 0 Å². The molecule has 4 heteroatoms. The van der Waals surface area contributed by atoms with E-state index < -0.39 is 0 Å². The van der Waals surface area contributed by atoms with Gasteiger partial charge in [-0.25, -0.2) is 0 Å². The first-order valence-corrected chi connectivity index (χ1v) is 7.73. The van der Waals surface area contributed by atoms with Gasteiger partial charge in [-0.3, -0.25) is 4.68 Å². The van der Waals surface area contributed by atoms with Crippen LogP contribution in [0.15, 0.2) is 24.3 Å². The van der Waals surface area contributed by atoms with Crippen molar-refractivity contribution in [1.82, 2.24) is 15.1 Å². The number of anilines is 2. The first kappa shape index (κ1) is 14.1. The molecular weight excluding hydrogens is 260 g/mol. The summed E-state index contributed by atoms with van der Waals surface area (Å²) in [7, 11) is 2.05. The highest BCUT2D eigenvalue weighted by molar-refractivity contribution is 5.71. The minimum atomic E-state index is 0.470. The van der Waals surface area contributed by atoms with Crippen molar-refractivity contribution < 1.29 is 0 Å². The van der Waals surface area contributed by atoms with Crippen molar-refractivity contribution >= 4 is 11.5 Å². The molecule has 0 bridgehead atoms. The van der Waals surface area contributed by atoms with Gasteiger partial charge >= 0.3 is 0 Å². The second-order valence-electron chi connectivity index (χ2n) is 5.84. The molecule has 0 saturated carbocycles. The molecule has 1 aromatic heterocycles. The van der Waals surface area contributed by atoms with Gasteiger partial charge in [0, 0.05) is 30.9 Å². The van der Waals surface area contributed by atoms with Crippen molar-refractivity contribution in [2.75, 3.05) is 11.4 Å². The Morgan fingerprint density at radius 3 is 2.86 bits per heavy atom. The fourth-order valence-corrected chi connectivity index (χ4v) is 3.34. The lowest BCUT2D eigenvalue weighted by Crippen LogP contribution is -2.27. The summed E-state index contributed by atoms with van der Waals surface area (Å²) in [5.41, 5.74) is 5.18. The normalized spacial score (nSPS) is 17.3. The average Bonchev–Trinajstić information content (AvgIpc) is 2.92. The van der Waals surface area contributed by atoms with Gasteiger partial charge in [0.05, 0.1) is 5.69 Å². The van der Waals surface area contributed by atoms with E-state index in [4.69, 9.17) is 0 Å². The van der Waals surface area contributed by atoms with Gasteiger partial charge in [0.25, 0.3) is 0 Å². The number of nitrogens with one attached hydrogen (secondary N) is 1. The maximum absolute atomic E-state index is 4.65. The number of aryl methyl sites for hydroxylation is 2. The van der Waals surface area contributed by atoms with Crippen molar-refractivity contribution in [3.63, 3.8) is 0 Å².